The molecule has 27 heavy (non-hydrogen) atoms. The van der Waals surface area contributed by atoms with Gasteiger partial charge in [0.2, 0.25) is 0 Å². The number of likely N-dealkylation sites (tertiary alicyclic amines) is 1. The first-order valence-electron chi connectivity index (χ1n) is 10.9. The molecule has 2 amide bonds. The summed E-state index contributed by atoms with van der Waals surface area (Å²) in [4.78, 5) is 27.5. The van der Waals surface area contributed by atoms with Crippen molar-refractivity contribution in [2.45, 2.75) is 89.1 Å². The Bertz CT molecular complexity index is 509. The van der Waals surface area contributed by atoms with E-state index in [1.165, 1.54) is 44.9 Å². The average Bonchev–Trinajstić information content (AvgIpc) is 2.90. The van der Waals surface area contributed by atoms with Crippen molar-refractivity contribution in [1.29, 1.82) is 0 Å². The summed E-state index contributed by atoms with van der Waals surface area (Å²) in [6.45, 7) is 1.57. The number of hydrogen-bond donors (Lipinski definition) is 2. The summed E-state index contributed by atoms with van der Waals surface area (Å²) < 4.78 is 0. The summed E-state index contributed by atoms with van der Waals surface area (Å²) >= 11 is 0. The highest BCUT2D eigenvalue weighted by molar-refractivity contribution is 5.74. The molecule has 0 radical (unpaired) electrons. The Labute approximate surface area is 163 Å². The van der Waals surface area contributed by atoms with Gasteiger partial charge in [0.05, 0.1) is 6.54 Å². The molecule has 2 saturated carbocycles. The number of carboxylic acids is 1. The third kappa shape index (κ3) is 5.59. The van der Waals surface area contributed by atoms with Crippen LogP contribution >= 0.6 is 0 Å². The van der Waals surface area contributed by atoms with Crippen LogP contribution in [-0.2, 0) is 4.79 Å². The smallest absolute Gasteiger partial charge is 0.317 e. The van der Waals surface area contributed by atoms with Gasteiger partial charge in [-0.15, -0.1) is 0 Å². The number of carbonyl (C=O) groups excluding carboxylic acids is 1. The van der Waals surface area contributed by atoms with Gasteiger partial charge in [0.25, 0.3) is 0 Å². The third-order valence-electron chi connectivity index (χ3n) is 7.28. The maximum absolute atomic E-state index is 12.7. The van der Waals surface area contributed by atoms with Gasteiger partial charge in [-0.2, -0.15) is 0 Å². The van der Waals surface area contributed by atoms with Gasteiger partial charge in [0.1, 0.15) is 0 Å². The van der Waals surface area contributed by atoms with Crippen LogP contribution in [0, 0.1) is 5.41 Å². The van der Waals surface area contributed by atoms with Gasteiger partial charge in [-0.3, -0.25) is 9.69 Å². The number of amides is 2. The number of rotatable bonds is 4. The predicted molar refractivity (Wildman–Crippen MR) is 106 cm³/mol. The van der Waals surface area contributed by atoms with Crippen molar-refractivity contribution >= 4 is 12.0 Å². The number of carboxylic acid groups (broad SMARTS) is 1. The van der Waals surface area contributed by atoms with Crippen LogP contribution in [0.5, 0.6) is 0 Å². The molecule has 0 aromatic carbocycles. The minimum Gasteiger partial charge on any atom is -0.480 e. The Morgan fingerprint density at radius 1 is 1.00 bits per heavy atom. The third-order valence-corrected chi connectivity index (χ3v) is 7.28. The van der Waals surface area contributed by atoms with E-state index in [4.69, 9.17) is 5.11 Å². The topological polar surface area (TPSA) is 72.9 Å². The molecule has 3 rings (SSSR count). The highest BCUT2D eigenvalue weighted by Crippen LogP contribution is 2.47. The lowest BCUT2D eigenvalue weighted by molar-refractivity contribution is -0.138. The van der Waals surface area contributed by atoms with Crippen molar-refractivity contribution in [3.63, 3.8) is 0 Å². The molecule has 2 N–H and O–H groups in total. The van der Waals surface area contributed by atoms with E-state index >= 15 is 0 Å². The lowest BCUT2D eigenvalue weighted by Gasteiger charge is -2.43. The number of nitrogens with zero attached hydrogens (tertiary/aromatic N) is 2. The second-order valence-corrected chi connectivity index (χ2v) is 9.17. The lowest BCUT2D eigenvalue weighted by Crippen LogP contribution is -2.47. The van der Waals surface area contributed by atoms with E-state index in [-0.39, 0.29) is 18.6 Å². The minimum atomic E-state index is -0.788. The molecule has 6 nitrogen and oxygen atoms in total. The highest BCUT2D eigenvalue weighted by Gasteiger charge is 2.36. The highest BCUT2D eigenvalue weighted by atomic mass is 16.4. The molecule has 0 aromatic rings. The standard InChI is InChI=1S/C21H37N3O3/c1-23(16-19(25)26)18-6-5-14-24(15-9-18)20(27)22-17-7-12-21(13-8-17)10-3-2-4-11-21/h17-18H,2-16H2,1H3,(H,22,27)(H,25,26). The Balaban J connectivity index is 1.43. The van der Waals surface area contributed by atoms with Crippen molar-refractivity contribution in [2.75, 3.05) is 26.7 Å². The molecule has 154 valence electrons. The van der Waals surface area contributed by atoms with Crippen molar-refractivity contribution in [1.82, 2.24) is 15.1 Å². The minimum absolute atomic E-state index is 0.0701. The molecule has 3 aliphatic rings. The van der Waals surface area contributed by atoms with Crippen LogP contribution in [0.25, 0.3) is 0 Å². The summed E-state index contributed by atoms with van der Waals surface area (Å²) in [5.41, 5.74) is 0.587. The molecule has 1 aliphatic heterocycles. The fraction of sp³-hybridized carbons (Fsp3) is 0.905. The van der Waals surface area contributed by atoms with Crippen molar-refractivity contribution in [3.8, 4) is 0 Å². The zero-order chi connectivity index (χ0) is 19.3. The molecular formula is C21H37N3O3. The second-order valence-electron chi connectivity index (χ2n) is 9.17. The molecular weight excluding hydrogens is 342 g/mol. The van der Waals surface area contributed by atoms with E-state index in [0.29, 0.717) is 11.5 Å². The van der Waals surface area contributed by atoms with Crippen LogP contribution in [0.4, 0.5) is 4.79 Å². The van der Waals surface area contributed by atoms with Crippen LogP contribution < -0.4 is 5.32 Å². The van der Waals surface area contributed by atoms with Gasteiger partial charge in [0.15, 0.2) is 0 Å². The van der Waals surface area contributed by atoms with Crippen LogP contribution in [0.15, 0.2) is 0 Å². The Morgan fingerprint density at radius 3 is 2.37 bits per heavy atom. The summed E-state index contributed by atoms with van der Waals surface area (Å²) in [7, 11) is 1.87. The van der Waals surface area contributed by atoms with E-state index in [0.717, 1.165) is 45.2 Å². The number of urea groups is 1. The number of nitrogens with one attached hydrogen (secondary N) is 1. The second kappa shape index (κ2) is 9.26. The Kier molecular flexibility index (Phi) is 7.01. The molecule has 1 unspecified atom stereocenters. The maximum Gasteiger partial charge on any atom is 0.317 e. The summed E-state index contributed by atoms with van der Waals surface area (Å²) in [6, 6.07) is 0.666. The van der Waals surface area contributed by atoms with Gasteiger partial charge < -0.3 is 15.3 Å². The van der Waals surface area contributed by atoms with E-state index in [9.17, 15) is 9.59 Å². The Hall–Kier alpha value is -1.30. The van der Waals surface area contributed by atoms with Crippen LogP contribution in [0.3, 0.4) is 0 Å². The molecule has 0 bridgehead atoms. The van der Waals surface area contributed by atoms with E-state index < -0.39 is 5.97 Å². The molecule has 1 atom stereocenters. The number of likely N-dealkylation sites (N-methyl/N-ethyl adjacent to an activating group) is 1. The van der Waals surface area contributed by atoms with Gasteiger partial charge in [0, 0.05) is 25.2 Å². The zero-order valence-corrected chi connectivity index (χ0v) is 16.9. The van der Waals surface area contributed by atoms with E-state index in [1.54, 1.807) is 0 Å². The van der Waals surface area contributed by atoms with Crippen LogP contribution in [0.2, 0.25) is 0 Å². The SMILES string of the molecule is CN(CC(=O)O)C1CCCN(C(=O)NC2CCC3(CCCCC3)CC2)CC1. The first-order valence-corrected chi connectivity index (χ1v) is 10.9. The predicted octanol–water partition coefficient (Wildman–Crippen LogP) is 3.46. The fourth-order valence-corrected chi connectivity index (χ4v) is 5.51. The number of aliphatic carboxylic acids is 1. The van der Waals surface area contributed by atoms with Crippen molar-refractivity contribution in [2.24, 2.45) is 5.41 Å². The first-order chi connectivity index (χ1) is 13.0. The molecule has 0 aromatic heterocycles. The van der Waals surface area contributed by atoms with Crippen LogP contribution in [0.1, 0.15) is 77.0 Å². The van der Waals surface area contributed by atoms with Gasteiger partial charge in [-0.25, -0.2) is 4.79 Å². The van der Waals surface area contributed by atoms with Crippen molar-refractivity contribution < 1.29 is 14.7 Å². The average molecular weight is 380 g/mol. The summed E-state index contributed by atoms with van der Waals surface area (Å²) in [6.07, 6.45) is 14.5. The lowest BCUT2D eigenvalue weighted by atomic mass is 9.64. The normalized spacial score (nSPS) is 26.7. The molecule has 1 saturated heterocycles. The molecule has 1 spiro atoms. The number of hydrogen-bond acceptors (Lipinski definition) is 3. The van der Waals surface area contributed by atoms with E-state index in [2.05, 4.69) is 5.32 Å². The molecule has 2 aliphatic carbocycles. The first kappa shape index (κ1) is 20.4. The van der Waals surface area contributed by atoms with Gasteiger partial charge in [-0.1, -0.05) is 19.3 Å². The molecule has 3 fully saturated rings. The van der Waals surface area contributed by atoms with E-state index in [1.807, 2.05) is 16.8 Å². The largest absolute Gasteiger partial charge is 0.480 e. The molecule has 6 heteroatoms. The summed E-state index contributed by atoms with van der Waals surface area (Å²) in [5, 5.41) is 12.3. The zero-order valence-electron chi connectivity index (χ0n) is 16.9. The monoisotopic (exact) mass is 379 g/mol. The Morgan fingerprint density at radius 2 is 1.70 bits per heavy atom. The van der Waals surface area contributed by atoms with Crippen LogP contribution in [-0.4, -0.2) is 65.7 Å². The molecule has 1 heterocycles. The summed E-state index contributed by atoms with van der Waals surface area (Å²) in [5.74, 6) is -0.788. The number of carbonyl (C=O) groups is 2. The van der Waals surface area contributed by atoms with Gasteiger partial charge in [-0.05, 0) is 70.3 Å². The maximum atomic E-state index is 12.7. The quantitative estimate of drug-likeness (QED) is 0.785. The van der Waals surface area contributed by atoms with Gasteiger partial charge >= 0.3 is 12.0 Å². The fourth-order valence-electron chi connectivity index (χ4n) is 5.51. The van der Waals surface area contributed by atoms with Crippen molar-refractivity contribution in [3.05, 3.63) is 0 Å².